The number of anilines is 1. The van der Waals surface area contributed by atoms with Crippen LogP contribution in [0.25, 0.3) is 11.0 Å². The van der Waals surface area contributed by atoms with Gasteiger partial charge in [-0.25, -0.2) is 22.7 Å². The van der Waals surface area contributed by atoms with Gasteiger partial charge in [0.15, 0.2) is 0 Å². The van der Waals surface area contributed by atoms with E-state index in [2.05, 4.69) is 15.0 Å². The standard InChI is InChI=1S/C12H17N5O2S/c1-16(9-4-6-17(7-9)20(2,18)19)12-10-3-5-13-11(10)14-8-15-12/h3,5,8-9H,4,6-7H2,1-2H3,(H,13,14,15)/t9-/m1/s1. The van der Waals surface area contributed by atoms with Gasteiger partial charge in [0.2, 0.25) is 10.0 Å². The van der Waals surface area contributed by atoms with Crippen LogP contribution in [-0.4, -0.2) is 60.1 Å². The highest BCUT2D eigenvalue weighted by Crippen LogP contribution is 2.26. The van der Waals surface area contributed by atoms with E-state index in [-0.39, 0.29) is 6.04 Å². The van der Waals surface area contributed by atoms with Gasteiger partial charge in [-0.05, 0) is 12.5 Å². The van der Waals surface area contributed by atoms with Crippen molar-refractivity contribution in [3.8, 4) is 0 Å². The molecule has 2 aromatic rings. The topological polar surface area (TPSA) is 82.2 Å². The maximum Gasteiger partial charge on any atom is 0.211 e. The molecule has 0 amide bonds. The molecule has 1 aliphatic rings. The minimum absolute atomic E-state index is 0.137. The van der Waals surface area contributed by atoms with Gasteiger partial charge in [0.25, 0.3) is 0 Å². The third-order valence-corrected chi connectivity index (χ3v) is 5.08. The van der Waals surface area contributed by atoms with Gasteiger partial charge in [-0.2, -0.15) is 0 Å². The third kappa shape index (κ3) is 2.25. The van der Waals surface area contributed by atoms with Gasteiger partial charge in [-0.1, -0.05) is 0 Å². The maximum absolute atomic E-state index is 11.6. The third-order valence-electron chi connectivity index (χ3n) is 3.81. The van der Waals surface area contributed by atoms with Crippen molar-refractivity contribution in [3.05, 3.63) is 18.6 Å². The van der Waals surface area contributed by atoms with Crippen LogP contribution in [0.3, 0.4) is 0 Å². The quantitative estimate of drug-likeness (QED) is 0.888. The summed E-state index contributed by atoms with van der Waals surface area (Å²) in [5.41, 5.74) is 0.791. The number of aromatic amines is 1. The highest BCUT2D eigenvalue weighted by Gasteiger charge is 2.31. The van der Waals surface area contributed by atoms with Gasteiger partial charge in [-0.3, -0.25) is 0 Å². The summed E-state index contributed by atoms with van der Waals surface area (Å²) in [4.78, 5) is 13.6. The molecule has 0 aromatic carbocycles. The highest BCUT2D eigenvalue weighted by atomic mass is 32.2. The second-order valence-corrected chi connectivity index (χ2v) is 7.09. The second kappa shape index (κ2) is 4.71. The van der Waals surface area contributed by atoms with Crippen molar-refractivity contribution < 1.29 is 8.42 Å². The minimum Gasteiger partial charge on any atom is -0.355 e. The first kappa shape index (κ1) is 13.3. The van der Waals surface area contributed by atoms with E-state index in [1.807, 2.05) is 24.2 Å². The zero-order valence-corrected chi connectivity index (χ0v) is 12.3. The molecule has 7 nitrogen and oxygen atoms in total. The number of aromatic nitrogens is 3. The van der Waals surface area contributed by atoms with Gasteiger partial charge >= 0.3 is 0 Å². The second-order valence-electron chi connectivity index (χ2n) is 5.11. The summed E-state index contributed by atoms with van der Waals surface area (Å²) in [7, 11) is -1.17. The SMILES string of the molecule is CN(c1ncnc2[nH]ccc12)[C@@H]1CCN(S(C)(=O)=O)C1. The first-order valence-corrected chi connectivity index (χ1v) is 8.27. The van der Waals surface area contributed by atoms with Crippen molar-refractivity contribution in [1.82, 2.24) is 19.3 Å². The summed E-state index contributed by atoms with van der Waals surface area (Å²) >= 11 is 0. The Morgan fingerprint density at radius 3 is 2.95 bits per heavy atom. The van der Waals surface area contributed by atoms with E-state index in [0.717, 1.165) is 23.3 Å². The number of nitrogens with zero attached hydrogens (tertiary/aromatic N) is 4. The average Bonchev–Trinajstić information content (AvgIpc) is 3.05. The molecule has 0 spiro atoms. The fourth-order valence-corrected chi connectivity index (χ4v) is 3.52. The van der Waals surface area contributed by atoms with E-state index in [0.29, 0.717) is 13.1 Å². The summed E-state index contributed by atoms with van der Waals surface area (Å²) < 4.78 is 24.7. The molecule has 2 aromatic heterocycles. The Labute approximate surface area is 117 Å². The van der Waals surface area contributed by atoms with Gasteiger partial charge in [0.1, 0.15) is 17.8 Å². The first-order valence-electron chi connectivity index (χ1n) is 6.43. The molecule has 1 aliphatic heterocycles. The lowest BCUT2D eigenvalue weighted by Crippen LogP contribution is -2.36. The van der Waals surface area contributed by atoms with Crippen LogP contribution in [0.15, 0.2) is 18.6 Å². The lowest BCUT2D eigenvalue weighted by atomic mass is 10.2. The van der Waals surface area contributed by atoms with E-state index in [4.69, 9.17) is 0 Å². The lowest BCUT2D eigenvalue weighted by Gasteiger charge is -2.25. The monoisotopic (exact) mass is 295 g/mol. The number of nitrogens with one attached hydrogen (secondary N) is 1. The first-order chi connectivity index (χ1) is 9.47. The van der Waals surface area contributed by atoms with Crippen molar-refractivity contribution in [3.63, 3.8) is 0 Å². The van der Waals surface area contributed by atoms with E-state index in [1.54, 1.807) is 0 Å². The normalized spacial score (nSPS) is 20.6. The molecule has 0 saturated carbocycles. The molecule has 8 heteroatoms. The molecule has 3 rings (SSSR count). The van der Waals surface area contributed by atoms with E-state index < -0.39 is 10.0 Å². The zero-order chi connectivity index (χ0) is 14.3. The van der Waals surface area contributed by atoms with Crippen molar-refractivity contribution in [2.75, 3.05) is 31.3 Å². The predicted octanol–water partition coefficient (Wildman–Crippen LogP) is 0.428. The number of fused-ring (bicyclic) bond motifs is 1. The van der Waals surface area contributed by atoms with Crippen LogP contribution in [0.4, 0.5) is 5.82 Å². The van der Waals surface area contributed by atoms with Crippen molar-refractivity contribution in [2.45, 2.75) is 12.5 Å². The lowest BCUT2D eigenvalue weighted by molar-refractivity contribution is 0.476. The van der Waals surface area contributed by atoms with E-state index in [9.17, 15) is 8.42 Å². The molecule has 1 N–H and O–H groups in total. The summed E-state index contributed by atoms with van der Waals surface area (Å²) in [5.74, 6) is 0.830. The summed E-state index contributed by atoms with van der Waals surface area (Å²) in [6.07, 6.45) is 5.41. The van der Waals surface area contributed by atoms with Gasteiger partial charge in [0.05, 0.1) is 11.6 Å². The molecule has 1 saturated heterocycles. The Kier molecular flexibility index (Phi) is 3.14. The molecule has 0 bridgehead atoms. The number of likely N-dealkylation sites (N-methyl/N-ethyl adjacent to an activating group) is 1. The minimum atomic E-state index is -3.12. The number of rotatable bonds is 3. The molecule has 20 heavy (non-hydrogen) atoms. The fraction of sp³-hybridized carbons (Fsp3) is 0.500. The van der Waals surface area contributed by atoms with Crippen molar-refractivity contribution >= 4 is 26.9 Å². The number of sulfonamides is 1. The summed E-state index contributed by atoms with van der Waals surface area (Å²) in [6.45, 7) is 1.07. The molecule has 108 valence electrons. The molecule has 1 atom stereocenters. The predicted molar refractivity (Wildman–Crippen MR) is 77.1 cm³/mol. The van der Waals surface area contributed by atoms with Crippen LogP contribution < -0.4 is 4.90 Å². The van der Waals surface area contributed by atoms with Crippen LogP contribution in [0, 0.1) is 0 Å². The van der Waals surface area contributed by atoms with Gasteiger partial charge < -0.3 is 9.88 Å². The van der Waals surface area contributed by atoms with E-state index in [1.165, 1.54) is 16.9 Å². The zero-order valence-electron chi connectivity index (χ0n) is 11.4. The largest absolute Gasteiger partial charge is 0.355 e. The van der Waals surface area contributed by atoms with Crippen molar-refractivity contribution in [2.24, 2.45) is 0 Å². The molecule has 0 unspecified atom stereocenters. The van der Waals surface area contributed by atoms with Crippen LogP contribution in [0.2, 0.25) is 0 Å². The average molecular weight is 295 g/mol. The van der Waals surface area contributed by atoms with Crippen LogP contribution in [0.5, 0.6) is 0 Å². The molecule has 0 radical (unpaired) electrons. The fourth-order valence-electron chi connectivity index (χ4n) is 2.64. The summed E-state index contributed by atoms with van der Waals surface area (Å²) in [6, 6.07) is 2.07. The van der Waals surface area contributed by atoms with Crippen LogP contribution in [-0.2, 0) is 10.0 Å². The summed E-state index contributed by atoms with van der Waals surface area (Å²) in [5, 5.41) is 0.952. The Balaban J connectivity index is 1.87. The Hall–Kier alpha value is -1.67. The van der Waals surface area contributed by atoms with E-state index >= 15 is 0 Å². The van der Waals surface area contributed by atoms with Gasteiger partial charge in [0, 0.05) is 32.4 Å². The Morgan fingerprint density at radius 1 is 1.45 bits per heavy atom. The number of hydrogen-bond acceptors (Lipinski definition) is 5. The molecule has 3 heterocycles. The molecule has 1 fully saturated rings. The van der Waals surface area contributed by atoms with Crippen LogP contribution >= 0.6 is 0 Å². The smallest absolute Gasteiger partial charge is 0.211 e. The number of H-pyrrole nitrogens is 1. The molecular formula is C12H17N5O2S. The van der Waals surface area contributed by atoms with Crippen LogP contribution in [0.1, 0.15) is 6.42 Å². The number of hydrogen-bond donors (Lipinski definition) is 1. The van der Waals surface area contributed by atoms with Gasteiger partial charge in [-0.15, -0.1) is 0 Å². The molecule has 0 aliphatic carbocycles. The Bertz CT molecular complexity index is 726. The molecular weight excluding hydrogens is 278 g/mol. The maximum atomic E-state index is 11.6. The Morgan fingerprint density at radius 2 is 2.25 bits per heavy atom. The van der Waals surface area contributed by atoms with Crippen molar-refractivity contribution in [1.29, 1.82) is 0 Å². The highest BCUT2D eigenvalue weighted by molar-refractivity contribution is 7.88.